The molecular weight excluding hydrogens is 234 g/mol. The summed E-state index contributed by atoms with van der Waals surface area (Å²) in [5, 5.41) is 0. The van der Waals surface area contributed by atoms with E-state index in [2.05, 4.69) is 4.90 Å². The SMILES string of the molecule is O=C(C1C2CCCC21)N1CCCC(CCCl)C1. The Morgan fingerprint density at radius 2 is 1.94 bits per heavy atom. The summed E-state index contributed by atoms with van der Waals surface area (Å²) in [5.74, 6) is 3.80. The molecule has 0 aromatic heterocycles. The highest BCUT2D eigenvalue weighted by molar-refractivity contribution is 6.17. The van der Waals surface area contributed by atoms with Crippen LogP contribution in [0.1, 0.15) is 38.5 Å². The van der Waals surface area contributed by atoms with E-state index in [1.54, 1.807) is 0 Å². The average molecular weight is 256 g/mol. The number of carbonyl (C=O) groups is 1. The predicted molar refractivity (Wildman–Crippen MR) is 69.0 cm³/mol. The van der Waals surface area contributed by atoms with Gasteiger partial charge < -0.3 is 4.90 Å². The van der Waals surface area contributed by atoms with Gasteiger partial charge in [-0.3, -0.25) is 4.79 Å². The Balaban J connectivity index is 1.55. The first kappa shape index (κ1) is 11.8. The van der Waals surface area contributed by atoms with Gasteiger partial charge >= 0.3 is 0 Å². The van der Waals surface area contributed by atoms with E-state index < -0.39 is 0 Å². The molecule has 1 amide bonds. The molecule has 3 unspecified atom stereocenters. The van der Waals surface area contributed by atoms with Gasteiger partial charge in [-0.05, 0) is 49.9 Å². The van der Waals surface area contributed by atoms with Crippen LogP contribution < -0.4 is 0 Å². The topological polar surface area (TPSA) is 20.3 Å². The Kier molecular flexibility index (Phi) is 3.34. The smallest absolute Gasteiger partial charge is 0.226 e. The molecule has 3 heteroatoms. The Bertz CT molecular complexity index is 295. The minimum atomic E-state index is 0.415. The second-order valence-corrected chi connectivity index (χ2v) is 6.43. The second-order valence-electron chi connectivity index (χ2n) is 6.05. The van der Waals surface area contributed by atoms with Crippen LogP contribution in [0.3, 0.4) is 0 Å². The van der Waals surface area contributed by atoms with Gasteiger partial charge in [-0.25, -0.2) is 0 Å². The maximum atomic E-state index is 12.4. The third-order valence-electron chi connectivity index (χ3n) is 5.04. The van der Waals surface area contributed by atoms with Crippen LogP contribution in [-0.2, 0) is 4.79 Å². The highest BCUT2D eigenvalue weighted by Gasteiger charge is 2.57. The van der Waals surface area contributed by atoms with Crippen LogP contribution in [0.5, 0.6) is 0 Å². The van der Waals surface area contributed by atoms with E-state index in [1.165, 1.54) is 32.1 Å². The number of piperidine rings is 1. The van der Waals surface area contributed by atoms with Gasteiger partial charge in [-0.1, -0.05) is 6.42 Å². The van der Waals surface area contributed by atoms with Crippen LogP contribution in [0.4, 0.5) is 0 Å². The molecule has 2 aliphatic carbocycles. The molecule has 0 aromatic carbocycles. The molecule has 3 aliphatic rings. The normalized spacial score (nSPS) is 40.2. The second kappa shape index (κ2) is 4.79. The summed E-state index contributed by atoms with van der Waals surface area (Å²) in [6.07, 6.45) is 7.47. The number of rotatable bonds is 3. The molecule has 3 atom stereocenters. The van der Waals surface area contributed by atoms with E-state index in [1.807, 2.05) is 0 Å². The monoisotopic (exact) mass is 255 g/mol. The number of likely N-dealkylation sites (tertiary alicyclic amines) is 1. The lowest BCUT2D eigenvalue weighted by atomic mass is 9.95. The number of amides is 1. The molecule has 1 aliphatic heterocycles. The lowest BCUT2D eigenvalue weighted by Gasteiger charge is -2.33. The summed E-state index contributed by atoms with van der Waals surface area (Å²) in [6.45, 7) is 1.97. The van der Waals surface area contributed by atoms with Crippen molar-refractivity contribution in [1.29, 1.82) is 0 Å². The van der Waals surface area contributed by atoms with Crippen LogP contribution in [0.2, 0.25) is 0 Å². The molecule has 2 nitrogen and oxygen atoms in total. The average Bonchev–Trinajstić information content (AvgIpc) is 2.82. The molecule has 1 saturated heterocycles. The van der Waals surface area contributed by atoms with E-state index in [-0.39, 0.29) is 0 Å². The van der Waals surface area contributed by atoms with Crippen molar-refractivity contribution in [2.24, 2.45) is 23.7 Å². The number of carbonyl (C=O) groups excluding carboxylic acids is 1. The molecule has 0 bridgehead atoms. The fraction of sp³-hybridized carbons (Fsp3) is 0.929. The molecule has 0 aromatic rings. The Hall–Kier alpha value is -0.240. The molecule has 2 saturated carbocycles. The first-order valence-corrected chi connectivity index (χ1v) is 7.69. The van der Waals surface area contributed by atoms with E-state index in [0.29, 0.717) is 17.7 Å². The van der Waals surface area contributed by atoms with E-state index in [4.69, 9.17) is 11.6 Å². The summed E-state index contributed by atoms with van der Waals surface area (Å²) in [5.41, 5.74) is 0. The summed E-state index contributed by atoms with van der Waals surface area (Å²) >= 11 is 5.81. The van der Waals surface area contributed by atoms with E-state index in [9.17, 15) is 4.79 Å². The van der Waals surface area contributed by atoms with Gasteiger partial charge in [0.1, 0.15) is 0 Å². The summed E-state index contributed by atoms with van der Waals surface area (Å²) < 4.78 is 0. The van der Waals surface area contributed by atoms with Gasteiger partial charge in [0.25, 0.3) is 0 Å². The number of alkyl halides is 1. The highest BCUT2D eigenvalue weighted by atomic mass is 35.5. The summed E-state index contributed by atoms with van der Waals surface area (Å²) in [7, 11) is 0. The largest absolute Gasteiger partial charge is 0.342 e. The van der Waals surface area contributed by atoms with Crippen molar-refractivity contribution in [2.75, 3.05) is 19.0 Å². The Labute approximate surface area is 109 Å². The van der Waals surface area contributed by atoms with Gasteiger partial charge in [0.15, 0.2) is 0 Å². The lowest BCUT2D eigenvalue weighted by Crippen LogP contribution is -2.41. The van der Waals surface area contributed by atoms with Crippen molar-refractivity contribution in [1.82, 2.24) is 4.90 Å². The quantitative estimate of drug-likeness (QED) is 0.710. The minimum Gasteiger partial charge on any atom is -0.342 e. The third kappa shape index (κ3) is 2.21. The molecule has 3 rings (SSSR count). The third-order valence-corrected chi connectivity index (χ3v) is 5.26. The molecule has 0 radical (unpaired) electrons. The van der Waals surface area contributed by atoms with Crippen molar-refractivity contribution < 1.29 is 4.79 Å². The zero-order chi connectivity index (χ0) is 11.8. The molecule has 1 heterocycles. The standard InChI is InChI=1S/C14H22ClNO/c15-7-6-10-3-2-8-16(9-10)14(17)13-11-4-1-5-12(11)13/h10-13H,1-9H2. The number of nitrogens with zero attached hydrogens (tertiary/aromatic N) is 1. The zero-order valence-corrected chi connectivity index (χ0v) is 11.2. The highest BCUT2D eigenvalue weighted by Crippen LogP contribution is 2.58. The van der Waals surface area contributed by atoms with Gasteiger partial charge in [-0.15, -0.1) is 11.6 Å². The van der Waals surface area contributed by atoms with E-state index >= 15 is 0 Å². The van der Waals surface area contributed by atoms with Crippen molar-refractivity contribution in [3.63, 3.8) is 0 Å². The number of hydrogen-bond acceptors (Lipinski definition) is 1. The number of fused-ring (bicyclic) bond motifs is 1. The number of hydrogen-bond donors (Lipinski definition) is 0. The van der Waals surface area contributed by atoms with E-state index in [0.717, 1.165) is 37.2 Å². The van der Waals surface area contributed by atoms with Crippen molar-refractivity contribution in [2.45, 2.75) is 38.5 Å². The maximum Gasteiger partial charge on any atom is 0.226 e. The maximum absolute atomic E-state index is 12.4. The van der Waals surface area contributed by atoms with Crippen molar-refractivity contribution >= 4 is 17.5 Å². The first-order chi connectivity index (χ1) is 8.31. The summed E-state index contributed by atoms with van der Waals surface area (Å²) in [4.78, 5) is 14.6. The fourth-order valence-electron chi connectivity index (χ4n) is 4.05. The first-order valence-electron chi connectivity index (χ1n) is 7.16. The van der Waals surface area contributed by atoms with Crippen LogP contribution >= 0.6 is 11.6 Å². The van der Waals surface area contributed by atoms with Crippen LogP contribution in [0.25, 0.3) is 0 Å². The fourth-order valence-corrected chi connectivity index (χ4v) is 4.36. The lowest BCUT2D eigenvalue weighted by molar-refractivity contribution is -0.135. The molecule has 3 fully saturated rings. The Morgan fingerprint density at radius 3 is 2.65 bits per heavy atom. The van der Waals surface area contributed by atoms with Crippen LogP contribution in [0, 0.1) is 23.7 Å². The van der Waals surface area contributed by atoms with Gasteiger partial charge in [0, 0.05) is 24.9 Å². The van der Waals surface area contributed by atoms with Crippen LogP contribution in [-0.4, -0.2) is 29.8 Å². The Morgan fingerprint density at radius 1 is 1.18 bits per heavy atom. The molecule has 0 N–H and O–H groups in total. The van der Waals surface area contributed by atoms with Crippen molar-refractivity contribution in [3.05, 3.63) is 0 Å². The van der Waals surface area contributed by atoms with Gasteiger partial charge in [-0.2, -0.15) is 0 Å². The molecular formula is C14H22ClNO. The molecule has 17 heavy (non-hydrogen) atoms. The van der Waals surface area contributed by atoms with Gasteiger partial charge in [0.05, 0.1) is 0 Å². The van der Waals surface area contributed by atoms with Crippen LogP contribution in [0.15, 0.2) is 0 Å². The van der Waals surface area contributed by atoms with Crippen molar-refractivity contribution in [3.8, 4) is 0 Å². The zero-order valence-electron chi connectivity index (χ0n) is 10.4. The summed E-state index contributed by atoms with van der Waals surface area (Å²) in [6, 6.07) is 0. The van der Waals surface area contributed by atoms with Gasteiger partial charge in [0.2, 0.25) is 5.91 Å². The molecule has 96 valence electrons. The predicted octanol–water partition coefficient (Wildman–Crippen LogP) is 2.90. The number of halogens is 1. The minimum absolute atomic E-state index is 0.415. The molecule has 0 spiro atoms.